The molecule has 1 amide bonds. The van der Waals surface area contributed by atoms with Gasteiger partial charge in [-0.1, -0.05) is 36.4 Å². The van der Waals surface area contributed by atoms with E-state index >= 15 is 0 Å². The zero-order valence-electron chi connectivity index (χ0n) is 16.9. The molecule has 0 aliphatic carbocycles. The SMILES string of the molecule is NC(=O)c1c(-c2ccccc2)nc2c(Nc3cccc(N4CCOCC4)n3)cccn12. The number of nitrogens with zero attached hydrogens (tertiary/aromatic N) is 4. The highest BCUT2D eigenvalue weighted by molar-refractivity contribution is 5.99. The lowest BCUT2D eigenvalue weighted by Gasteiger charge is -2.28. The van der Waals surface area contributed by atoms with E-state index in [9.17, 15) is 4.79 Å². The number of nitrogens with one attached hydrogen (secondary N) is 1. The molecule has 0 radical (unpaired) electrons. The predicted octanol–water partition coefficient (Wildman–Crippen LogP) is 3.08. The fraction of sp³-hybridized carbons (Fsp3) is 0.174. The van der Waals surface area contributed by atoms with Gasteiger partial charge in [0, 0.05) is 24.8 Å². The summed E-state index contributed by atoms with van der Waals surface area (Å²) in [7, 11) is 0. The van der Waals surface area contributed by atoms with Crippen molar-refractivity contribution in [3.05, 3.63) is 72.6 Å². The topological polar surface area (TPSA) is 97.8 Å². The molecule has 8 heteroatoms. The number of aromatic nitrogens is 3. The van der Waals surface area contributed by atoms with E-state index in [0.29, 0.717) is 36.1 Å². The summed E-state index contributed by atoms with van der Waals surface area (Å²) in [6.07, 6.45) is 1.79. The molecule has 4 heterocycles. The van der Waals surface area contributed by atoms with Crippen LogP contribution in [0.25, 0.3) is 16.9 Å². The van der Waals surface area contributed by atoms with Crippen LogP contribution in [0.15, 0.2) is 66.9 Å². The smallest absolute Gasteiger partial charge is 0.268 e. The Hall–Kier alpha value is -3.91. The Kier molecular flexibility index (Phi) is 4.97. The summed E-state index contributed by atoms with van der Waals surface area (Å²) in [6.45, 7) is 3.03. The van der Waals surface area contributed by atoms with Gasteiger partial charge in [0.25, 0.3) is 5.91 Å². The van der Waals surface area contributed by atoms with Crippen molar-refractivity contribution >= 4 is 28.9 Å². The summed E-state index contributed by atoms with van der Waals surface area (Å²) in [5.74, 6) is 1.06. The Balaban J connectivity index is 1.55. The summed E-state index contributed by atoms with van der Waals surface area (Å²) < 4.78 is 7.15. The van der Waals surface area contributed by atoms with Gasteiger partial charge in [-0.15, -0.1) is 0 Å². The van der Waals surface area contributed by atoms with Crippen molar-refractivity contribution in [3.8, 4) is 11.3 Å². The minimum absolute atomic E-state index is 0.347. The summed E-state index contributed by atoms with van der Waals surface area (Å²) in [4.78, 5) is 24.0. The Bertz CT molecular complexity index is 1230. The molecule has 1 aliphatic heterocycles. The lowest BCUT2D eigenvalue weighted by molar-refractivity contribution is 0.0995. The van der Waals surface area contributed by atoms with E-state index in [1.165, 1.54) is 0 Å². The molecule has 0 saturated carbocycles. The lowest BCUT2D eigenvalue weighted by Crippen LogP contribution is -2.36. The molecule has 31 heavy (non-hydrogen) atoms. The molecule has 4 aromatic rings. The van der Waals surface area contributed by atoms with Crippen LogP contribution in [0.3, 0.4) is 0 Å². The van der Waals surface area contributed by atoms with Crippen molar-refractivity contribution in [2.24, 2.45) is 5.73 Å². The van der Waals surface area contributed by atoms with Crippen LogP contribution in [-0.2, 0) is 4.74 Å². The van der Waals surface area contributed by atoms with Crippen LogP contribution >= 0.6 is 0 Å². The molecule has 8 nitrogen and oxygen atoms in total. The van der Waals surface area contributed by atoms with Gasteiger partial charge in [0.15, 0.2) is 5.65 Å². The quantitative estimate of drug-likeness (QED) is 0.521. The highest BCUT2D eigenvalue weighted by Gasteiger charge is 2.20. The number of benzene rings is 1. The lowest BCUT2D eigenvalue weighted by atomic mass is 10.1. The van der Waals surface area contributed by atoms with Gasteiger partial charge in [-0.3, -0.25) is 9.20 Å². The summed E-state index contributed by atoms with van der Waals surface area (Å²) >= 11 is 0. The molecule has 3 aromatic heterocycles. The Labute approximate surface area is 179 Å². The molecular weight excluding hydrogens is 392 g/mol. The number of ether oxygens (including phenoxy) is 1. The molecule has 1 aliphatic rings. The number of nitrogens with two attached hydrogens (primary N) is 1. The van der Waals surface area contributed by atoms with Crippen LogP contribution in [0.2, 0.25) is 0 Å². The number of fused-ring (bicyclic) bond motifs is 1. The number of carbonyl (C=O) groups is 1. The average molecular weight is 414 g/mol. The third kappa shape index (κ3) is 3.69. The van der Waals surface area contributed by atoms with E-state index in [2.05, 4.69) is 10.2 Å². The van der Waals surface area contributed by atoms with Crippen molar-refractivity contribution in [2.45, 2.75) is 0 Å². The molecule has 156 valence electrons. The predicted molar refractivity (Wildman–Crippen MR) is 120 cm³/mol. The van der Waals surface area contributed by atoms with Crippen LogP contribution in [0.1, 0.15) is 10.5 Å². The van der Waals surface area contributed by atoms with Gasteiger partial charge < -0.3 is 20.7 Å². The molecule has 0 spiro atoms. The fourth-order valence-corrected chi connectivity index (χ4v) is 3.80. The highest BCUT2D eigenvalue weighted by atomic mass is 16.5. The number of primary amides is 1. The van der Waals surface area contributed by atoms with Gasteiger partial charge in [-0.2, -0.15) is 0 Å². The largest absolute Gasteiger partial charge is 0.378 e. The van der Waals surface area contributed by atoms with Crippen LogP contribution in [0.5, 0.6) is 0 Å². The Morgan fingerprint density at radius 3 is 2.55 bits per heavy atom. The van der Waals surface area contributed by atoms with Crippen molar-refractivity contribution in [3.63, 3.8) is 0 Å². The van der Waals surface area contributed by atoms with E-state index in [1.807, 2.05) is 60.7 Å². The van der Waals surface area contributed by atoms with Crippen molar-refractivity contribution in [2.75, 3.05) is 36.5 Å². The molecular formula is C23H22N6O2. The normalized spacial score (nSPS) is 14.0. The number of carbonyl (C=O) groups excluding carboxylic acids is 1. The van der Waals surface area contributed by atoms with Gasteiger partial charge in [-0.25, -0.2) is 9.97 Å². The molecule has 0 atom stereocenters. The number of amides is 1. The number of rotatable bonds is 5. The summed E-state index contributed by atoms with van der Waals surface area (Å²) in [5.41, 5.74) is 8.79. The van der Waals surface area contributed by atoms with E-state index in [-0.39, 0.29) is 0 Å². The first kappa shape index (κ1) is 19.1. The zero-order valence-corrected chi connectivity index (χ0v) is 16.9. The first-order chi connectivity index (χ1) is 15.2. The molecule has 1 aromatic carbocycles. The Morgan fingerprint density at radius 1 is 0.968 bits per heavy atom. The Morgan fingerprint density at radius 2 is 1.77 bits per heavy atom. The van der Waals surface area contributed by atoms with Crippen LogP contribution in [-0.4, -0.2) is 46.6 Å². The van der Waals surface area contributed by atoms with E-state index in [1.54, 1.807) is 10.6 Å². The second kappa shape index (κ2) is 8.08. The zero-order chi connectivity index (χ0) is 21.2. The van der Waals surface area contributed by atoms with E-state index < -0.39 is 5.91 Å². The van der Waals surface area contributed by atoms with Crippen LogP contribution in [0.4, 0.5) is 17.3 Å². The average Bonchev–Trinajstić information content (AvgIpc) is 3.22. The number of morpholine rings is 1. The first-order valence-electron chi connectivity index (χ1n) is 10.1. The van der Waals surface area contributed by atoms with Gasteiger partial charge >= 0.3 is 0 Å². The van der Waals surface area contributed by atoms with Gasteiger partial charge in [0.2, 0.25) is 0 Å². The summed E-state index contributed by atoms with van der Waals surface area (Å²) in [5, 5.41) is 3.35. The van der Waals surface area contributed by atoms with Crippen LogP contribution < -0.4 is 16.0 Å². The molecule has 0 unspecified atom stereocenters. The number of anilines is 3. The third-order valence-corrected chi connectivity index (χ3v) is 5.26. The van der Waals surface area contributed by atoms with Crippen molar-refractivity contribution < 1.29 is 9.53 Å². The molecule has 0 bridgehead atoms. The van der Waals surface area contributed by atoms with E-state index in [0.717, 1.165) is 30.2 Å². The van der Waals surface area contributed by atoms with Gasteiger partial charge in [0.05, 0.1) is 18.9 Å². The third-order valence-electron chi connectivity index (χ3n) is 5.26. The molecule has 3 N–H and O–H groups in total. The monoisotopic (exact) mass is 414 g/mol. The van der Waals surface area contributed by atoms with E-state index in [4.69, 9.17) is 20.4 Å². The number of pyridine rings is 2. The summed E-state index contributed by atoms with van der Waals surface area (Å²) in [6, 6.07) is 19.2. The minimum atomic E-state index is -0.532. The maximum atomic E-state index is 12.3. The maximum Gasteiger partial charge on any atom is 0.268 e. The minimum Gasteiger partial charge on any atom is -0.378 e. The number of hydrogen-bond acceptors (Lipinski definition) is 6. The second-order valence-corrected chi connectivity index (χ2v) is 7.26. The van der Waals surface area contributed by atoms with Crippen LogP contribution in [0, 0.1) is 0 Å². The molecule has 1 fully saturated rings. The van der Waals surface area contributed by atoms with Crippen molar-refractivity contribution in [1.29, 1.82) is 0 Å². The molecule has 1 saturated heterocycles. The first-order valence-corrected chi connectivity index (χ1v) is 10.1. The number of imidazole rings is 1. The van der Waals surface area contributed by atoms with Gasteiger partial charge in [0.1, 0.15) is 23.0 Å². The van der Waals surface area contributed by atoms with Crippen molar-refractivity contribution in [1.82, 2.24) is 14.4 Å². The standard InChI is InChI=1S/C23H22N6O2/c24-22(30)21-20(16-6-2-1-3-7-16)27-23-17(8-5-11-29(21)23)25-18-9-4-10-19(26-18)28-12-14-31-15-13-28/h1-11H,12-15H2,(H2,24,30)(H,25,26). The highest BCUT2D eigenvalue weighted by Crippen LogP contribution is 2.29. The fourth-order valence-electron chi connectivity index (χ4n) is 3.80. The number of hydrogen-bond donors (Lipinski definition) is 2. The second-order valence-electron chi connectivity index (χ2n) is 7.26. The van der Waals surface area contributed by atoms with Gasteiger partial charge in [-0.05, 0) is 24.3 Å². The molecule has 5 rings (SSSR count). The maximum absolute atomic E-state index is 12.3.